The van der Waals surface area contributed by atoms with Gasteiger partial charge in [0.25, 0.3) is 0 Å². The predicted octanol–water partition coefficient (Wildman–Crippen LogP) is 2.01. The largest absolute Gasteiger partial charge is 0.507 e. The maximum absolute atomic E-state index is 9.57. The van der Waals surface area contributed by atoms with Gasteiger partial charge in [0.15, 0.2) is 0 Å². The lowest BCUT2D eigenvalue weighted by Crippen LogP contribution is -1.84. The summed E-state index contributed by atoms with van der Waals surface area (Å²) in [6, 6.07) is 3.71. The fourth-order valence-electron chi connectivity index (χ4n) is 1.34. The lowest BCUT2D eigenvalue weighted by molar-refractivity contribution is 0.343. The number of hydrogen-bond acceptors (Lipinski definition) is 2. The van der Waals surface area contributed by atoms with Crippen molar-refractivity contribution in [1.82, 2.24) is 0 Å². The first-order chi connectivity index (χ1) is 6.15. The van der Waals surface area contributed by atoms with Gasteiger partial charge < -0.3 is 10.2 Å². The molecule has 0 aliphatic heterocycles. The van der Waals surface area contributed by atoms with E-state index in [4.69, 9.17) is 5.11 Å². The third-order valence-corrected chi connectivity index (χ3v) is 1.90. The Morgan fingerprint density at radius 1 is 1.31 bits per heavy atom. The van der Waals surface area contributed by atoms with Crippen molar-refractivity contribution in [2.75, 3.05) is 6.61 Å². The van der Waals surface area contributed by atoms with Crippen LogP contribution in [0.1, 0.15) is 16.7 Å². The Balaban J connectivity index is 3.13. The van der Waals surface area contributed by atoms with E-state index >= 15 is 0 Å². The Kier molecular flexibility index (Phi) is 3.09. The zero-order valence-electron chi connectivity index (χ0n) is 7.91. The highest BCUT2D eigenvalue weighted by atomic mass is 16.3. The first-order valence-corrected chi connectivity index (χ1v) is 4.22. The number of phenolic OH excluding ortho intramolecular Hbond substituents is 1. The number of aliphatic hydroxyl groups is 1. The van der Waals surface area contributed by atoms with E-state index in [0.29, 0.717) is 0 Å². The van der Waals surface area contributed by atoms with Gasteiger partial charge in [0.05, 0.1) is 6.61 Å². The van der Waals surface area contributed by atoms with Crippen LogP contribution in [0.25, 0.3) is 6.08 Å². The predicted molar refractivity (Wildman–Crippen MR) is 53.7 cm³/mol. The molecule has 0 aliphatic carbocycles. The van der Waals surface area contributed by atoms with E-state index in [-0.39, 0.29) is 12.4 Å². The minimum Gasteiger partial charge on any atom is -0.507 e. The highest BCUT2D eigenvalue weighted by molar-refractivity contribution is 5.61. The molecule has 0 atom stereocenters. The molecule has 2 N–H and O–H groups in total. The molecule has 0 radical (unpaired) electrons. The molecule has 2 nitrogen and oxygen atoms in total. The minimum atomic E-state index is -0.00719. The van der Waals surface area contributed by atoms with Gasteiger partial charge in [0.2, 0.25) is 0 Å². The van der Waals surface area contributed by atoms with Gasteiger partial charge in [-0.05, 0) is 31.0 Å². The molecule has 0 amide bonds. The summed E-state index contributed by atoms with van der Waals surface area (Å²) >= 11 is 0. The smallest absolute Gasteiger partial charge is 0.123 e. The Bertz CT molecular complexity index is 304. The molecule has 0 unspecified atom stereocenters. The van der Waals surface area contributed by atoms with Gasteiger partial charge >= 0.3 is 0 Å². The van der Waals surface area contributed by atoms with Crippen LogP contribution in [0.15, 0.2) is 18.2 Å². The van der Waals surface area contributed by atoms with Crippen LogP contribution in [-0.2, 0) is 0 Å². The normalized spacial score (nSPS) is 11.0. The minimum absolute atomic E-state index is 0.00719. The van der Waals surface area contributed by atoms with Crippen molar-refractivity contribution in [2.24, 2.45) is 0 Å². The maximum atomic E-state index is 9.57. The molecule has 0 spiro atoms. The molecule has 13 heavy (non-hydrogen) atoms. The molecule has 2 heteroatoms. The summed E-state index contributed by atoms with van der Waals surface area (Å²) in [4.78, 5) is 0. The number of hydrogen-bond donors (Lipinski definition) is 2. The monoisotopic (exact) mass is 178 g/mol. The molecular formula is C11H14O2. The molecule has 70 valence electrons. The number of aliphatic hydroxyl groups excluding tert-OH is 1. The van der Waals surface area contributed by atoms with Crippen LogP contribution < -0.4 is 0 Å². The quantitative estimate of drug-likeness (QED) is 0.727. The second-order valence-corrected chi connectivity index (χ2v) is 3.10. The average Bonchev–Trinajstić information content (AvgIpc) is 2.02. The topological polar surface area (TPSA) is 40.5 Å². The van der Waals surface area contributed by atoms with Crippen LogP contribution in [0.2, 0.25) is 0 Å². The van der Waals surface area contributed by atoms with E-state index in [1.807, 2.05) is 19.9 Å². The molecule has 1 aromatic carbocycles. The van der Waals surface area contributed by atoms with Gasteiger partial charge in [-0.2, -0.15) is 0 Å². The summed E-state index contributed by atoms with van der Waals surface area (Å²) < 4.78 is 0. The van der Waals surface area contributed by atoms with Gasteiger partial charge in [0.1, 0.15) is 5.75 Å². The average molecular weight is 178 g/mol. The van der Waals surface area contributed by atoms with E-state index in [2.05, 4.69) is 0 Å². The van der Waals surface area contributed by atoms with Crippen molar-refractivity contribution in [3.63, 3.8) is 0 Å². The van der Waals surface area contributed by atoms with Crippen LogP contribution >= 0.6 is 0 Å². The molecule has 0 aromatic heterocycles. The number of phenols is 1. The van der Waals surface area contributed by atoms with E-state index in [1.165, 1.54) is 0 Å². The molecule has 0 saturated carbocycles. The molecule has 0 saturated heterocycles. The summed E-state index contributed by atoms with van der Waals surface area (Å²) in [6.45, 7) is 3.86. The summed E-state index contributed by atoms with van der Waals surface area (Å²) in [5.41, 5.74) is 2.83. The summed E-state index contributed by atoms with van der Waals surface area (Å²) in [5, 5.41) is 18.2. The SMILES string of the molecule is Cc1cc(C)c(/C=C\CO)c(O)c1. The van der Waals surface area contributed by atoms with Gasteiger partial charge in [-0.15, -0.1) is 0 Å². The summed E-state index contributed by atoms with van der Waals surface area (Å²) in [5.74, 6) is 0.266. The number of benzene rings is 1. The molecule has 0 heterocycles. The number of aromatic hydroxyl groups is 1. The van der Waals surface area contributed by atoms with Crippen LogP contribution in [0.5, 0.6) is 5.75 Å². The Morgan fingerprint density at radius 3 is 2.54 bits per heavy atom. The van der Waals surface area contributed by atoms with Gasteiger partial charge in [-0.25, -0.2) is 0 Å². The van der Waals surface area contributed by atoms with Crippen molar-refractivity contribution in [1.29, 1.82) is 0 Å². The van der Waals surface area contributed by atoms with E-state index in [9.17, 15) is 5.11 Å². The van der Waals surface area contributed by atoms with Crippen LogP contribution in [0.3, 0.4) is 0 Å². The van der Waals surface area contributed by atoms with Crippen molar-refractivity contribution < 1.29 is 10.2 Å². The molecular weight excluding hydrogens is 164 g/mol. The first kappa shape index (κ1) is 9.81. The van der Waals surface area contributed by atoms with Crippen LogP contribution in [-0.4, -0.2) is 16.8 Å². The third-order valence-electron chi connectivity index (χ3n) is 1.90. The second kappa shape index (κ2) is 4.10. The van der Waals surface area contributed by atoms with Crippen molar-refractivity contribution in [3.8, 4) is 5.75 Å². The Morgan fingerprint density at radius 2 is 2.00 bits per heavy atom. The fraction of sp³-hybridized carbons (Fsp3) is 0.273. The molecule has 0 bridgehead atoms. The van der Waals surface area contributed by atoms with Crippen molar-refractivity contribution in [2.45, 2.75) is 13.8 Å². The maximum Gasteiger partial charge on any atom is 0.123 e. The summed E-state index contributed by atoms with van der Waals surface area (Å²) in [6.07, 6.45) is 3.33. The Labute approximate surface area is 78.2 Å². The van der Waals surface area contributed by atoms with Gasteiger partial charge in [-0.1, -0.05) is 18.2 Å². The zero-order valence-corrected chi connectivity index (χ0v) is 7.91. The molecule has 0 fully saturated rings. The molecule has 0 aliphatic rings. The van der Waals surface area contributed by atoms with Gasteiger partial charge in [-0.3, -0.25) is 0 Å². The Hall–Kier alpha value is -1.28. The lowest BCUT2D eigenvalue weighted by atomic mass is 10.0. The van der Waals surface area contributed by atoms with Gasteiger partial charge in [0, 0.05) is 5.56 Å². The standard InChI is InChI=1S/C11H14O2/c1-8-6-9(2)10(4-3-5-12)11(13)7-8/h3-4,6-7,12-13H,5H2,1-2H3/b4-3-. The fourth-order valence-corrected chi connectivity index (χ4v) is 1.34. The zero-order chi connectivity index (χ0) is 9.84. The number of aryl methyl sites for hydroxylation is 2. The molecule has 1 aromatic rings. The molecule has 1 rings (SSSR count). The highest BCUT2D eigenvalue weighted by Crippen LogP contribution is 2.23. The van der Waals surface area contributed by atoms with E-state index in [1.54, 1.807) is 18.2 Å². The lowest BCUT2D eigenvalue weighted by Gasteiger charge is -2.05. The van der Waals surface area contributed by atoms with E-state index in [0.717, 1.165) is 16.7 Å². The van der Waals surface area contributed by atoms with E-state index < -0.39 is 0 Å². The highest BCUT2D eigenvalue weighted by Gasteiger charge is 2.01. The third kappa shape index (κ3) is 2.33. The first-order valence-electron chi connectivity index (χ1n) is 4.22. The van der Waals surface area contributed by atoms with Crippen molar-refractivity contribution >= 4 is 6.08 Å². The summed E-state index contributed by atoms with van der Waals surface area (Å²) in [7, 11) is 0. The van der Waals surface area contributed by atoms with Crippen molar-refractivity contribution in [3.05, 3.63) is 34.9 Å². The van der Waals surface area contributed by atoms with Crippen LogP contribution in [0.4, 0.5) is 0 Å². The second-order valence-electron chi connectivity index (χ2n) is 3.10. The number of rotatable bonds is 2. The van der Waals surface area contributed by atoms with Crippen LogP contribution in [0, 0.1) is 13.8 Å².